The molecule has 0 unspecified atom stereocenters. The van der Waals surface area contributed by atoms with Crippen molar-refractivity contribution in [3.8, 4) is 0 Å². The van der Waals surface area contributed by atoms with E-state index < -0.39 is 16.0 Å². The standard InChI is InChI=1S/C20H26N6O4S/c1-2-31(29,30)26-11-9-25(10-12-26)16-7-5-15(6-8-16)23-20-21-13-17(19(27)28)18(24-20)22-14-3-4-14/h5-8,13-14H,2-4,9-12H2,1H3,(H,27,28)(H2,21,22,23,24). The van der Waals surface area contributed by atoms with E-state index >= 15 is 0 Å². The Morgan fingerprint density at radius 1 is 1.16 bits per heavy atom. The lowest BCUT2D eigenvalue weighted by Gasteiger charge is -2.35. The number of carbonyl (C=O) groups is 1. The minimum atomic E-state index is -3.14. The van der Waals surface area contributed by atoms with Gasteiger partial charge in [-0.15, -0.1) is 0 Å². The number of aromatic carboxylic acids is 1. The van der Waals surface area contributed by atoms with Crippen molar-refractivity contribution in [2.24, 2.45) is 0 Å². The zero-order chi connectivity index (χ0) is 22.0. The highest BCUT2D eigenvalue weighted by Gasteiger charge is 2.26. The Hall–Kier alpha value is -2.92. The number of anilines is 4. The fourth-order valence-corrected chi connectivity index (χ4v) is 4.51. The molecule has 1 aromatic heterocycles. The zero-order valence-electron chi connectivity index (χ0n) is 17.3. The van der Waals surface area contributed by atoms with Gasteiger partial charge in [-0.1, -0.05) is 0 Å². The number of nitrogens with one attached hydrogen (secondary N) is 2. The maximum atomic E-state index is 12.0. The second kappa shape index (κ2) is 8.67. The van der Waals surface area contributed by atoms with Crippen LogP contribution in [0.15, 0.2) is 30.5 Å². The number of hydrogen-bond donors (Lipinski definition) is 3. The van der Waals surface area contributed by atoms with Gasteiger partial charge >= 0.3 is 5.97 Å². The van der Waals surface area contributed by atoms with E-state index in [0.29, 0.717) is 37.9 Å². The molecule has 2 aliphatic rings. The van der Waals surface area contributed by atoms with Gasteiger partial charge in [-0.3, -0.25) is 0 Å². The first-order chi connectivity index (χ1) is 14.9. The largest absolute Gasteiger partial charge is 0.477 e. The van der Waals surface area contributed by atoms with Crippen LogP contribution in [0.4, 0.5) is 23.1 Å². The molecule has 0 radical (unpaired) electrons. The van der Waals surface area contributed by atoms with Crippen LogP contribution in [-0.2, 0) is 10.0 Å². The SMILES string of the molecule is CCS(=O)(=O)N1CCN(c2ccc(Nc3ncc(C(=O)O)c(NC4CC4)n3)cc2)CC1. The monoisotopic (exact) mass is 446 g/mol. The normalized spacial score (nSPS) is 17.4. The van der Waals surface area contributed by atoms with Crippen molar-refractivity contribution in [2.45, 2.75) is 25.8 Å². The Morgan fingerprint density at radius 3 is 2.42 bits per heavy atom. The molecule has 1 aliphatic heterocycles. The average Bonchev–Trinajstić information content (AvgIpc) is 3.58. The molecule has 11 heteroatoms. The number of aromatic nitrogens is 2. The summed E-state index contributed by atoms with van der Waals surface area (Å²) in [4.78, 5) is 22.0. The maximum absolute atomic E-state index is 12.0. The molecule has 4 rings (SSSR count). The van der Waals surface area contributed by atoms with E-state index in [9.17, 15) is 18.3 Å². The average molecular weight is 447 g/mol. The predicted octanol–water partition coefficient (Wildman–Crippen LogP) is 1.96. The van der Waals surface area contributed by atoms with Crippen molar-refractivity contribution in [1.29, 1.82) is 0 Å². The second-order valence-electron chi connectivity index (χ2n) is 7.64. The topological polar surface area (TPSA) is 128 Å². The molecule has 166 valence electrons. The van der Waals surface area contributed by atoms with Crippen LogP contribution in [0.1, 0.15) is 30.1 Å². The lowest BCUT2D eigenvalue weighted by molar-refractivity contribution is 0.0697. The minimum Gasteiger partial charge on any atom is -0.477 e. The van der Waals surface area contributed by atoms with Crippen molar-refractivity contribution < 1.29 is 18.3 Å². The van der Waals surface area contributed by atoms with Gasteiger partial charge in [0.1, 0.15) is 11.4 Å². The number of hydrogen-bond acceptors (Lipinski definition) is 8. The van der Waals surface area contributed by atoms with Crippen molar-refractivity contribution in [1.82, 2.24) is 14.3 Å². The molecule has 1 aliphatic carbocycles. The number of sulfonamides is 1. The molecule has 31 heavy (non-hydrogen) atoms. The quantitative estimate of drug-likeness (QED) is 0.557. The van der Waals surface area contributed by atoms with Crippen LogP contribution >= 0.6 is 0 Å². The lowest BCUT2D eigenvalue weighted by Crippen LogP contribution is -2.49. The van der Waals surface area contributed by atoms with Gasteiger partial charge in [0.2, 0.25) is 16.0 Å². The number of carboxylic acids is 1. The third-order valence-electron chi connectivity index (χ3n) is 5.42. The summed E-state index contributed by atoms with van der Waals surface area (Å²) in [5, 5.41) is 15.6. The molecule has 1 saturated carbocycles. The third kappa shape index (κ3) is 5.05. The first-order valence-electron chi connectivity index (χ1n) is 10.3. The first kappa shape index (κ1) is 21.3. The molecule has 1 saturated heterocycles. The number of piperazine rings is 1. The lowest BCUT2D eigenvalue weighted by atomic mass is 10.2. The molecule has 2 fully saturated rings. The van der Waals surface area contributed by atoms with Crippen LogP contribution in [0.25, 0.3) is 0 Å². The third-order valence-corrected chi connectivity index (χ3v) is 7.30. The van der Waals surface area contributed by atoms with Gasteiger partial charge in [-0.25, -0.2) is 18.2 Å². The molecule has 3 N–H and O–H groups in total. The van der Waals surface area contributed by atoms with Crippen LogP contribution in [0, 0.1) is 0 Å². The molecular formula is C20H26N6O4S. The summed E-state index contributed by atoms with van der Waals surface area (Å²) >= 11 is 0. The highest BCUT2D eigenvalue weighted by molar-refractivity contribution is 7.89. The van der Waals surface area contributed by atoms with Crippen LogP contribution in [0.5, 0.6) is 0 Å². The van der Waals surface area contributed by atoms with E-state index in [1.165, 1.54) is 6.20 Å². The summed E-state index contributed by atoms with van der Waals surface area (Å²) in [5.74, 6) is -0.296. The van der Waals surface area contributed by atoms with Crippen molar-refractivity contribution in [3.63, 3.8) is 0 Å². The van der Waals surface area contributed by atoms with Gasteiger partial charge in [0.05, 0.1) is 5.75 Å². The summed E-state index contributed by atoms with van der Waals surface area (Å²) < 4.78 is 25.6. The van der Waals surface area contributed by atoms with Crippen LogP contribution in [0.2, 0.25) is 0 Å². The van der Waals surface area contributed by atoms with Crippen molar-refractivity contribution >= 4 is 39.1 Å². The smallest absolute Gasteiger partial charge is 0.341 e. The Bertz CT molecular complexity index is 1050. The summed E-state index contributed by atoms with van der Waals surface area (Å²) in [6.07, 6.45) is 3.32. The highest BCUT2D eigenvalue weighted by Crippen LogP contribution is 2.27. The summed E-state index contributed by atoms with van der Waals surface area (Å²) in [6.45, 7) is 3.91. The van der Waals surface area contributed by atoms with Gasteiger partial charge in [0.15, 0.2) is 0 Å². The Balaban J connectivity index is 1.40. The molecule has 1 aromatic carbocycles. The van der Waals surface area contributed by atoms with E-state index in [-0.39, 0.29) is 17.4 Å². The summed E-state index contributed by atoms with van der Waals surface area (Å²) in [5.41, 5.74) is 1.84. The highest BCUT2D eigenvalue weighted by atomic mass is 32.2. The number of benzene rings is 1. The Labute approximate surface area is 181 Å². The molecule has 2 heterocycles. The number of carboxylic acid groups (broad SMARTS) is 1. The summed E-state index contributed by atoms with van der Waals surface area (Å²) in [7, 11) is -3.14. The zero-order valence-corrected chi connectivity index (χ0v) is 18.1. The molecule has 0 spiro atoms. The van der Waals surface area contributed by atoms with Gasteiger partial charge in [0.25, 0.3) is 0 Å². The molecular weight excluding hydrogens is 420 g/mol. The molecule has 2 aromatic rings. The van der Waals surface area contributed by atoms with Crippen molar-refractivity contribution in [3.05, 3.63) is 36.0 Å². The fraction of sp³-hybridized carbons (Fsp3) is 0.450. The van der Waals surface area contributed by atoms with E-state index in [0.717, 1.165) is 24.2 Å². The van der Waals surface area contributed by atoms with Crippen LogP contribution in [0.3, 0.4) is 0 Å². The maximum Gasteiger partial charge on any atom is 0.341 e. The van der Waals surface area contributed by atoms with E-state index in [1.54, 1.807) is 11.2 Å². The van der Waals surface area contributed by atoms with Crippen LogP contribution < -0.4 is 15.5 Å². The van der Waals surface area contributed by atoms with Gasteiger partial charge < -0.3 is 20.6 Å². The van der Waals surface area contributed by atoms with Gasteiger partial charge in [0, 0.05) is 49.8 Å². The second-order valence-corrected chi connectivity index (χ2v) is 9.90. The van der Waals surface area contributed by atoms with E-state index in [1.807, 2.05) is 24.3 Å². The predicted molar refractivity (Wildman–Crippen MR) is 119 cm³/mol. The minimum absolute atomic E-state index is 0.0528. The van der Waals surface area contributed by atoms with Crippen molar-refractivity contribution in [2.75, 3.05) is 47.5 Å². The van der Waals surface area contributed by atoms with Crippen LogP contribution in [-0.4, -0.2) is 71.7 Å². The number of rotatable bonds is 8. The Kier molecular flexibility index (Phi) is 5.96. The summed E-state index contributed by atoms with van der Waals surface area (Å²) in [6, 6.07) is 7.98. The molecule has 0 amide bonds. The number of nitrogens with zero attached hydrogens (tertiary/aromatic N) is 4. The Morgan fingerprint density at radius 2 is 1.84 bits per heavy atom. The molecule has 0 bridgehead atoms. The van der Waals surface area contributed by atoms with Gasteiger partial charge in [-0.05, 0) is 44.0 Å². The first-order valence-corrected chi connectivity index (χ1v) is 11.9. The van der Waals surface area contributed by atoms with Gasteiger partial charge in [-0.2, -0.15) is 9.29 Å². The van der Waals surface area contributed by atoms with E-state index in [2.05, 4.69) is 25.5 Å². The fourth-order valence-electron chi connectivity index (χ4n) is 3.42. The van der Waals surface area contributed by atoms with E-state index in [4.69, 9.17) is 0 Å². The molecule has 0 atom stereocenters. The molecule has 10 nitrogen and oxygen atoms in total.